The number of hydrogen-bond donors (Lipinski definition) is 1. The second kappa shape index (κ2) is 5.65. The van der Waals surface area contributed by atoms with Crippen LogP contribution in [-0.4, -0.2) is 0 Å². The van der Waals surface area contributed by atoms with Crippen LogP contribution in [0.2, 0.25) is 0 Å². The number of benzene rings is 2. The van der Waals surface area contributed by atoms with E-state index in [1.54, 1.807) is 11.3 Å². The first kappa shape index (κ1) is 13.2. The van der Waals surface area contributed by atoms with Crippen molar-refractivity contribution in [2.24, 2.45) is 5.73 Å². The van der Waals surface area contributed by atoms with Gasteiger partial charge < -0.3 is 10.5 Å². The Morgan fingerprint density at radius 1 is 1.10 bits per heavy atom. The Kier molecular flexibility index (Phi) is 3.72. The fourth-order valence-corrected chi connectivity index (χ4v) is 3.29. The van der Waals surface area contributed by atoms with Crippen molar-refractivity contribution in [3.05, 3.63) is 64.5 Å². The van der Waals surface area contributed by atoms with Gasteiger partial charge in [0.15, 0.2) is 0 Å². The molecule has 0 spiro atoms. The van der Waals surface area contributed by atoms with Gasteiger partial charge in [-0.15, -0.1) is 11.3 Å². The molecule has 0 atom stereocenters. The molecule has 0 bridgehead atoms. The summed E-state index contributed by atoms with van der Waals surface area (Å²) in [4.78, 5) is 1.22. The second-order valence-electron chi connectivity index (χ2n) is 4.85. The standard InChI is InChI=1S/C17H17NOS/c1-12-5-7-15(8-6-12)19-11-16-9-13-3-2-4-14(10-18)17(13)20-16/h2-9H,10-11,18H2,1H3. The van der Waals surface area contributed by atoms with E-state index in [9.17, 15) is 0 Å². The lowest BCUT2D eigenvalue weighted by Crippen LogP contribution is -1.95. The third-order valence-electron chi connectivity index (χ3n) is 3.30. The molecular formula is C17H17NOS. The lowest BCUT2D eigenvalue weighted by atomic mass is 10.1. The van der Waals surface area contributed by atoms with Crippen LogP contribution in [0.4, 0.5) is 0 Å². The molecule has 1 aromatic heterocycles. The molecule has 0 amide bonds. The summed E-state index contributed by atoms with van der Waals surface area (Å²) in [5.41, 5.74) is 8.23. The number of hydrogen-bond acceptors (Lipinski definition) is 3. The largest absolute Gasteiger partial charge is 0.488 e. The van der Waals surface area contributed by atoms with Crippen molar-refractivity contribution < 1.29 is 4.74 Å². The third kappa shape index (κ3) is 2.69. The maximum atomic E-state index is 5.83. The molecule has 0 aliphatic carbocycles. The van der Waals surface area contributed by atoms with E-state index >= 15 is 0 Å². The molecule has 0 aliphatic heterocycles. The Labute approximate surface area is 122 Å². The van der Waals surface area contributed by atoms with Crippen molar-refractivity contribution in [1.29, 1.82) is 0 Å². The first-order valence-electron chi connectivity index (χ1n) is 6.66. The number of aryl methyl sites for hydroxylation is 1. The zero-order valence-corrected chi connectivity index (χ0v) is 12.2. The lowest BCUT2D eigenvalue weighted by Gasteiger charge is -2.04. The average Bonchev–Trinajstić information content (AvgIpc) is 2.89. The van der Waals surface area contributed by atoms with Crippen molar-refractivity contribution >= 4 is 21.4 Å². The summed E-state index contributed by atoms with van der Waals surface area (Å²) in [7, 11) is 0. The zero-order chi connectivity index (χ0) is 13.9. The van der Waals surface area contributed by atoms with Crippen molar-refractivity contribution in [1.82, 2.24) is 0 Å². The van der Waals surface area contributed by atoms with E-state index in [4.69, 9.17) is 10.5 Å². The summed E-state index contributed by atoms with van der Waals surface area (Å²) in [6.07, 6.45) is 0. The Hall–Kier alpha value is -1.84. The highest BCUT2D eigenvalue weighted by Crippen LogP contribution is 2.29. The molecule has 20 heavy (non-hydrogen) atoms. The Morgan fingerprint density at radius 3 is 2.65 bits per heavy atom. The van der Waals surface area contributed by atoms with Gasteiger partial charge in [0.25, 0.3) is 0 Å². The normalized spacial score (nSPS) is 10.9. The number of ether oxygens (including phenoxy) is 1. The van der Waals surface area contributed by atoms with Gasteiger partial charge >= 0.3 is 0 Å². The van der Waals surface area contributed by atoms with E-state index in [1.807, 2.05) is 12.1 Å². The molecule has 3 aromatic rings. The first-order chi connectivity index (χ1) is 9.76. The summed E-state index contributed by atoms with van der Waals surface area (Å²) in [5, 5.41) is 1.25. The minimum Gasteiger partial charge on any atom is -0.488 e. The molecule has 0 fully saturated rings. The van der Waals surface area contributed by atoms with Crippen LogP contribution in [0, 0.1) is 6.92 Å². The third-order valence-corrected chi connectivity index (χ3v) is 4.50. The summed E-state index contributed by atoms with van der Waals surface area (Å²) in [6, 6.07) is 16.6. The zero-order valence-electron chi connectivity index (χ0n) is 11.4. The predicted octanol–water partition coefficient (Wildman–Crippen LogP) is 4.25. The van der Waals surface area contributed by atoms with Crippen LogP contribution in [0.15, 0.2) is 48.5 Å². The molecule has 0 unspecified atom stereocenters. The van der Waals surface area contributed by atoms with Crippen LogP contribution >= 0.6 is 11.3 Å². The van der Waals surface area contributed by atoms with Gasteiger partial charge in [-0.05, 0) is 36.1 Å². The van der Waals surface area contributed by atoms with Crippen LogP contribution in [0.3, 0.4) is 0 Å². The molecule has 0 radical (unpaired) electrons. The Bertz CT molecular complexity index is 715. The average molecular weight is 283 g/mol. The van der Waals surface area contributed by atoms with Crippen LogP contribution in [0.1, 0.15) is 16.0 Å². The van der Waals surface area contributed by atoms with E-state index in [0.29, 0.717) is 13.2 Å². The van der Waals surface area contributed by atoms with E-state index in [1.165, 1.54) is 26.1 Å². The monoisotopic (exact) mass is 283 g/mol. The lowest BCUT2D eigenvalue weighted by molar-refractivity contribution is 0.310. The fourth-order valence-electron chi connectivity index (χ4n) is 2.20. The number of rotatable bonds is 4. The number of thiophene rings is 1. The molecule has 102 valence electrons. The van der Waals surface area contributed by atoms with Gasteiger partial charge in [-0.1, -0.05) is 35.9 Å². The van der Waals surface area contributed by atoms with E-state index < -0.39 is 0 Å². The van der Waals surface area contributed by atoms with Crippen molar-refractivity contribution in [2.45, 2.75) is 20.1 Å². The van der Waals surface area contributed by atoms with Gasteiger partial charge in [0.2, 0.25) is 0 Å². The van der Waals surface area contributed by atoms with E-state index in [-0.39, 0.29) is 0 Å². The van der Waals surface area contributed by atoms with Crippen molar-refractivity contribution in [3.8, 4) is 5.75 Å². The Balaban J connectivity index is 1.79. The molecule has 2 N–H and O–H groups in total. The summed E-state index contributed by atoms with van der Waals surface area (Å²) in [5.74, 6) is 0.909. The van der Waals surface area contributed by atoms with Gasteiger partial charge in [-0.25, -0.2) is 0 Å². The fraction of sp³-hybridized carbons (Fsp3) is 0.176. The molecule has 3 heteroatoms. The van der Waals surface area contributed by atoms with Crippen molar-refractivity contribution in [2.75, 3.05) is 0 Å². The molecule has 0 aliphatic rings. The maximum absolute atomic E-state index is 5.83. The number of fused-ring (bicyclic) bond motifs is 1. The van der Waals surface area contributed by atoms with Crippen molar-refractivity contribution in [3.63, 3.8) is 0 Å². The summed E-state index contributed by atoms with van der Waals surface area (Å²) < 4.78 is 7.10. The molecule has 2 aromatic carbocycles. The highest BCUT2D eigenvalue weighted by Gasteiger charge is 2.06. The molecule has 0 saturated heterocycles. The van der Waals surface area contributed by atoms with Crippen LogP contribution < -0.4 is 10.5 Å². The SMILES string of the molecule is Cc1ccc(OCc2cc3cccc(CN)c3s2)cc1. The van der Waals surface area contributed by atoms with Gasteiger partial charge in [0.1, 0.15) is 12.4 Å². The van der Waals surface area contributed by atoms with E-state index in [2.05, 4.69) is 43.3 Å². The highest BCUT2D eigenvalue weighted by molar-refractivity contribution is 7.19. The van der Waals surface area contributed by atoms with Gasteiger partial charge in [-0.3, -0.25) is 0 Å². The molecule has 1 heterocycles. The van der Waals surface area contributed by atoms with Crippen LogP contribution in [-0.2, 0) is 13.2 Å². The van der Waals surface area contributed by atoms with Crippen LogP contribution in [0.5, 0.6) is 5.75 Å². The predicted molar refractivity (Wildman–Crippen MR) is 85.2 cm³/mol. The summed E-state index contributed by atoms with van der Waals surface area (Å²) >= 11 is 1.77. The van der Waals surface area contributed by atoms with Gasteiger partial charge in [0.05, 0.1) is 0 Å². The highest BCUT2D eigenvalue weighted by atomic mass is 32.1. The minimum atomic E-state index is 0.579. The Morgan fingerprint density at radius 2 is 1.90 bits per heavy atom. The molecular weight excluding hydrogens is 266 g/mol. The first-order valence-corrected chi connectivity index (χ1v) is 7.48. The number of nitrogens with two attached hydrogens (primary N) is 1. The molecule has 0 saturated carbocycles. The topological polar surface area (TPSA) is 35.2 Å². The second-order valence-corrected chi connectivity index (χ2v) is 5.99. The minimum absolute atomic E-state index is 0.579. The van der Waals surface area contributed by atoms with Gasteiger partial charge in [0, 0.05) is 16.1 Å². The molecule has 3 rings (SSSR count). The van der Waals surface area contributed by atoms with E-state index in [0.717, 1.165) is 5.75 Å². The quantitative estimate of drug-likeness (QED) is 0.777. The molecule has 2 nitrogen and oxygen atoms in total. The summed E-state index contributed by atoms with van der Waals surface area (Å²) in [6.45, 7) is 3.26. The smallest absolute Gasteiger partial charge is 0.122 e. The van der Waals surface area contributed by atoms with Crippen LogP contribution in [0.25, 0.3) is 10.1 Å². The maximum Gasteiger partial charge on any atom is 0.122 e. The van der Waals surface area contributed by atoms with Gasteiger partial charge in [-0.2, -0.15) is 0 Å².